The largest absolute Gasteiger partial charge is 0.399 e. The Hall–Kier alpha value is -1.81. The van der Waals surface area contributed by atoms with E-state index in [1.165, 1.54) is 0 Å². The van der Waals surface area contributed by atoms with Gasteiger partial charge in [-0.3, -0.25) is 4.79 Å². The number of nitrogens with two attached hydrogens (primary N) is 1. The third kappa shape index (κ3) is 4.22. The van der Waals surface area contributed by atoms with Gasteiger partial charge in [-0.25, -0.2) is 0 Å². The fourth-order valence-corrected chi connectivity index (χ4v) is 1.52. The van der Waals surface area contributed by atoms with Gasteiger partial charge in [-0.15, -0.1) is 0 Å². The number of nitrogen functional groups attached to an aromatic ring is 1. The molecule has 1 amide bonds. The van der Waals surface area contributed by atoms with Crippen LogP contribution in [-0.4, -0.2) is 37.6 Å². The zero-order chi connectivity index (χ0) is 13.5. The van der Waals surface area contributed by atoms with E-state index in [0.717, 1.165) is 5.56 Å². The van der Waals surface area contributed by atoms with E-state index in [1.54, 1.807) is 31.2 Å². The highest BCUT2D eigenvalue weighted by molar-refractivity contribution is 5.91. The Morgan fingerprint density at radius 1 is 1.56 bits per heavy atom. The minimum absolute atomic E-state index is 0.0491. The molecule has 1 rings (SSSR count). The van der Waals surface area contributed by atoms with Crippen LogP contribution in [0.3, 0.4) is 0 Å². The fraction of sp³-hybridized carbons (Fsp3) is 0.357. The molecule has 98 valence electrons. The Kier molecular flexibility index (Phi) is 5.39. The standard InChI is InChI=1S/C14H20N2O2/c1-11(10-18-3)16(2)14(17)8-7-12-5-4-6-13(15)9-12/h4-9,11H,10,15H2,1-3H3/b8-7+. The van der Waals surface area contributed by atoms with Crippen LogP contribution >= 0.6 is 0 Å². The summed E-state index contributed by atoms with van der Waals surface area (Å²) in [6.07, 6.45) is 3.30. The third-order valence-electron chi connectivity index (χ3n) is 2.75. The van der Waals surface area contributed by atoms with Gasteiger partial charge in [0, 0.05) is 25.9 Å². The molecule has 0 aromatic heterocycles. The highest BCUT2D eigenvalue weighted by atomic mass is 16.5. The van der Waals surface area contributed by atoms with Crippen molar-refractivity contribution < 1.29 is 9.53 Å². The number of carbonyl (C=O) groups excluding carboxylic acids is 1. The van der Waals surface area contributed by atoms with Gasteiger partial charge >= 0.3 is 0 Å². The molecule has 4 nitrogen and oxygen atoms in total. The van der Waals surface area contributed by atoms with Crippen LogP contribution in [0.4, 0.5) is 5.69 Å². The number of ether oxygens (including phenoxy) is 1. The molecule has 0 radical (unpaired) electrons. The van der Waals surface area contributed by atoms with Crippen LogP contribution < -0.4 is 5.73 Å². The predicted molar refractivity (Wildman–Crippen MR) is 74.0 cm³/mol. The SMILES string of the molecule is COCC(C)N(C)C(=O)/C=C/c1cccc(N)c1. The molecule has 0 bridgehead atoms. The summed E-state index contributed by atoms with van der Waals surface area (Å²) in [5.41, 5.74) is 7.27. The summed E-state index contributed by atoms with van der Waals surface area (Å²) < 4.78 is 5.02. The van der Waals surface area contributed by atoms with E-state index < -0.39 is 0 Å². The molecule has 0 saturated carbocycles. The van der Waals surface area contributed by atoms with Gasteiger partial charge in [0.05, 0.1) is 12.6 Å². The average molecular weight is 248 g/mol. The van der Waals surface area contributed by atoms with Crippen LogP contribution in [-0.2, 0) is 9.53 Å². The van der Waals surface area contributed by atoms with Crippen LogP contribution in [0.5, 0.6) is 0 Å². The Morgan fingerprint density at radius 2 is 2.28 bits per heavy atom. The molecular formula is C14H20N2O2. The molecule has 0 fully saturated rings. The highest BCUT2D eigenvalue weighted by Gasteiger charge is 2.12. The first-order valence-electron chi connectivity index (χ1n) is 5.84. The normalized spacial score (nSPS) is 12.6. The van der Waals surface area contributed by atoms with Crippen LogP contribution in [0.25, 0.3) is 6.08 Å². The van der Waals surface area contributed by atoms with Gasteiger partial charge in [-0.1, -0.05) is 12.1 Å². The Morgan fingerprint density at radius 3 is 2.89 bits per heavy atom. The molecule has 0 aliphatic carbocycles. The lowest BCUT2D eigenvalue weighted by Gasteiger charge is -2.22. The fourth-order valence-electron chi connectivity index (χ4n) is 1.52. The molecule has 1 aromatic rings. The number of amides is 1. The minimum atomic E-state index is -0.0537. The maximum Gasteiger partial charge on any atom is 0.246 e. The van der Waals surface area contributed by atoms with Crippen molar-refractivity contribution in [3.05, 3.63) is 35.9 Å². The molecule has 1 unspecified atom stereocenters. The molecule has 0 heterocycles. The number of benzene rings is 1. The Bertz CT molecular complexity index is 430. The van der Waals surface area contributed by atoms with Crippen LogP contribution in [0.1, 0.15) is 12.5 Å². The van der Waals surface area contributed by atoms with Gasteiger partial charge in [-0.2, -0.15) is 0 Å². The summed E-state index contributed by atoms with van der Waals surface area (Å²) in [6.45, 7) is 2.46. The van der Waals surface area contributed by atoms with Gasteiger partial charge in [-0.05, 0) is 30.7 Å². The second-order valence-electron chi connectivity index (χ2n) is 4.26. The Balaban J connectivity index is 2.64. The molecule has 0 aliphatic heterocycles. The molecule has 2 N–H and O–H groups in total. The lowest BCUT2D eigenvalue weighted by atomic mass is 10.2. The number of anilines is 1. The van der Waals surface area contributed by atoms with Crippen molar-refractivity contribution in [3.63, 3.8) is 0 Å². The van der Waals surface area contributed by atoms with E-state index in [4.69, 9.17) is 10.5 Å². The number of hydrogen-bond donors (Lipinski definition) is 1. The van der Waals surface area contributed by atoms with E-state index in [1.807, 2.05) is 31.2 Å². The van der Waals surface area contributed by atoms with Crippen molar-refractivity contribution >= 4 is 17.7 Å². The van der Waals surface area contributed by atoms with Crippen molar-refractivity contribution in [2.24, 2.45) is 0 Å². The van der Waals surface area contributed by atoms with Gasteiger partial charge in [0.2, 0.25) is 5.91 Å². The first-order chi connectivity index (χ1) is 8.54. The van der Waals surface area contributed by atoms with Crippen molar-refractivity contribution in [2.75, 3.05) is 26.5 Å². The summed E-state index contributed by atoms with van der Waals surface area (Å²) in [7, 11) is 3.38. The van der Waals surface area contributed by atoms with Crippen molar-refractivity contribution in [2.45, 2.75) is 13.0 Å². The molecule has 4 heteroatoms. The molecular weight excluding hydrogens is 228 g/mol. The topological polar surface area (TPSA) is 55.6 Å². The molecule has 1 aromatic carbocycles. The summed E-state index contributed by atoms with van der Waals surface area (Å²) in [4.78, 5) is 13.5. The first kappa shape index (κ1) is 14.3. The summed E-state index contributed by atoms with van der Waals surface area (Å²) in [6, 6.07) is 7.44. The van der Waals surface area contributed by atoms with Crippen LogP contribution in [0.15, 0.2) is 30.3 Å². The Labute approximate surface area is 108 Å². The number of carbonyl (C=O) groups is 1. The van der Waals surface area contributed by atoms with Crippen molar-refractivity contribution in [1.29, 1.82) is 0 Å². The van der Waals surface area contributed by atoms with Gasteiger partial charge in [0.25, 0.3) is 0 Å². The van der Waals surface area contributed by atoms with E-state index >= 15 is 0 Å². The van der Waals surface area contributed by atoms with Crippen LogP contribution in [0, 0.1) is 0 Å². The van der Waals surface area contributed by atoms with Gasteiger partial charge in [0.15, 0.2) is 0 Å². The maximum absolute atomic E-state index is 11.9. The molecule has 0 spiro atoms. The first-order valence-corrected chi connectivity index (χ1v) is 5.84. The number of nitrogens with zero attached hydrogens (tertiary/aromatic N) is 1. The summed E-state index contributed by atoms with van der Waals surface area (Å²) >= 11 is 0. The van der Waals surface area contributed by atoms with E-state index in [9.17, 15) is 4.79 Å². The number of rotatable bonds is 5. The van der Waals surface area contributed by atoms with Gasteiger partial charge in [0.1, 0.15) is 0 Å². The number of likely N-dealkylation sites (N-methyl/N-ethyl adjacent to an activating group) is 1. The summed E-state index contributed by atoms with van der Waals surface area (Å²) in [5.74, 6) is -0.0537. The molecule has 0 saturated heterocycles. The number of methoxy groups -OCH3 is 1. The third-order valence-corrected chi connectivity index (χ3v) is 2.75. The molecule has 1 atom stereocenters. The van der Waals surface area contributed by atoms with E-state index in [0.29, 0.717) is 12.3 Å². The van der Waals surface area contributed by atoms with Crippen molar-refractivity contribution in [1.82, 2.24) is 4.90 Å². The second-order valence-corrected chi connectivity index (χ2v) is 4.26. The highest BCUT2D eigenvalue weighted by Crippen LogP contribution is 2.08. The monoisotopic (exact) mass is 248 g/mol. The molecule has 18 heavy (non-hydrogen) atoms. The second kappa shape index (κ2) is 6.81. The maximum atomic E-state index is 11.9. The average Bonchev–Trinajstić information content (AvgIpc) is 2.35. The van der Waals surface area contributed by atoms with Gasteiger partial charge < -0.3 is 15.4 Å². The lowest BCUT2D eigenvalue weighted by molar-refractivity contribution is -0.127. The quantitative estimate of drug-likeness (QED) is 0.638. The van der Waals surface area contributed by atoms with E-state index in [2.05, 4.69) is 0 Å². The molecule has 0 aliphatic rings. The lowest BCUT2D eigenvalue weighted by Crippen LogP contribution is -2.36. The zero-order valence-corrected chi connectivity index (χ0v) is 11.1. The number of hydrogen-bond acceptors (Lipinski definition) is 3. The smallest absolute Gasteiger partial charge is 0.246 e. The summed E-state index contributed by atoms with van der Waals surface area (Å²) in [5, 5.41) is 0. The van der Waals surface area contributed by atoms with Crippen molar-refractivity contribution in [3.8, 4) is 0 Å². The van der Waals surface area contributed by atoms with Crippen LogP contribution in [0.2, 0.25) is 0 Å². The predicted octanol–water partition coefficient (Wildman–Crippen LogP) is 1.78. The van der Waals surface area contributed by atoms with E-state index in [-0.39, 0.29) is 11.9 Å². The zero-order valence-electron chi connectivity index (χ0n) is 11.1. The minimum Gasteiger partial charge on any atom is -0.399 e.